The van der Waals surface area contributed by atoms with Gasteiger partial charge in [0.25, 0.3) is 5.91 Å². The molecule has 0 aliphatic carbocycles. The Labute approximate surface area is 206 Å². The fourth-order valence-electron chi connectivity index (χ4n) is 3.82. The first kappa shape index (κ1) is 23.9. The Morgan fingerprint density at radius 3 is 2.26 bits per heavy atom. The molecule has 0 radical (unpaired) electrons. The zero-order valence-corrected chi connectivity index (χ0v) is 21.5. The second kappa shape index (κ2) is 8.23. The second-order valence-electron chi connectivity index (χ2n) is 10.1. The highest BCUT2D eigenvalue weighted by molar-refractivity contribution is 9.10. The van der Waals surface area contributed by atoms with Gasteiger partial charge in [0.1, 0.15) is 16.8 Å². The molecule has 1 aromatic carbocycles. The van der Waals surface area contributed by atoms with E-state index in [1.807, 2.05) is 12.1 Å². The number of fused-ring (bicyclic) bond motifs is 2. The highest BCUT2D eigenvalue weighted by Crippen LogP contribution is 2.40. The predicted molar refractivity (Wildman–Crippen MR) is 131 cm³/mol. The predicted octanol–water partition coefficient (Wildman–Crippen LogP) is 6.14. The van der Waals surface area contributed by atoms with E-state index in [0.29, 0.717) is 26.8 Å². The van der Waals surface area contributed by atoms with Crippen molar-refractivity contribution in [2.45, 2.75) is 59.3 Å². The van der Waals surface area contributed by atoms with E-state index in [1.54, 1.807) is 66.1 Å². The summed E-state index contributed by atoms with van der Waals surface area (Å²) in [5, 5.41) is 0.723. The van der Waals surface area contributed by atoms with Crippen LogP contribution in [0.25, 0.3) is 22.2 Å². The number of hydrogen-bond acceptors (Lipinski definition) is 6. The van der Waals surface area contributed by atoms with Gasteiger partial charge < -0.3 is 9.47 Å². The van der Waals surface area contributed by atoms with Crippen molar-refractivity contribution in [1.82, 2.24) is 14.5 Å². The first-order valence-corrected chi connectivity index (χ1v) is 11.6. The molecular formula is C25H26BrN3O5. The van der Waals surface area contributed by atoms with Crippen LogP contribution in [-0.2, 0) is 16.0 Å². The Morgan fingerprint density at radius 1 is 0.971 bits per heavy atom. The van der Waals surface area contributed by atoms with E-state index in [9.17, 15) is 14.4 Å². The smallest absolute Gasteiger partial charge is 0.420 e. The summed E-state index contributed by atoms with van der Waals surface area (Å²) < 4.78 is 12.9. The van der Waals surface area contributed by atoms with Crippen molar-refractivity contribution in [3.63, 3.8) is 0 Å². The van der Waals surface area contributed by atoms with Gasteiger partial charge in [-0.3, -0.25) is 4.79 Å². The van der Waals surface area contributed by atoms with Crippen molar-refractivity contribution in [2.75, 3.05) is 0 Å². The van der Waals surface area contributed by atoms with Gasteiger partial charge in [-0.2, -0.15) is 0 Å². The average Bonchev–Trinajstić information content (AvgIpc) is 3.25. The van der Waals surface area contributed by atoms with Crippen molar-refractivity contribution < 1.29 is 23.9 Å². The number of pyridine rings is 1. The van der Waals surface area contributed by atoms with Crippen LogP contribution >= 0.6 is 15.9 Å². The number of ether oxygens (including phenoxy) is 2. The molecule has 9 heteroatoms. The number of carbonyl (C=O) groups excluding carboxylic acids is 3. The summed E-state index contributed by atoms with van der Waals surface area (Å²) in [6, 6.07) is 7.26. The molecule has 0 spiro atoms. The maximum atomic E-state index is 13.2. The summed E-state index contributed by atoms with van der Waals surface area (Å²) in [6.07, 6.45) is 2.01. The topological polar surface area (TPSA) is 90.7 Å². The Kier molecular flexibility index (Phi) is 5.80. The largest absolute Gasteiger partial charge is 0.443 e. The number of carbonyl (C=O) groups is 3. The van der Waals surface area contributed by atoms with Crippen LogP contribution in [-0.4, -0.2) is 43.7 Å². The molecule has 1 aliphatic heterocycles. The van der Waals surface area contributed by atoms with Crippen LogP contribution in [0, 0.1) is 0 Å². The summed E-state index contributed by atoms with van der Waals surface area (Å²) in [5.74, 6) is -0.438. The number of benzene rings is 1. The number of nitrogens with zero attached hydrogens (tertiary/aromatic N) is 3. The Bertz CT molecular complexity index is 1330. The van der Waals surface area contributed by atoms with Crippen molar-refractivity contribution in [3.8, 4) is 11.1 Å². The molecule has 34 heavy (non-hydrogen) atoms. The van der Waals surface area contributed by atoms with E-state index in [2.05, 4.69) is 20.9 Å². The fourth-order valence-corrected chi connectivity index (χ4v) is 4.36. The van der Waals surface area contributed by atoms with Crippen molar-refractivity contribution in [2.24, 2.45) is 0 Å². The minimum Gasteiger partial charge on any atom is -0.443 e. The molecule has 0 saturated carbocycles. The average molecular weight is 528 g/mol. The number of amides is 2. The van der Waals surface area contributed by atoms with Gasteiger partial charge in [-0.1, -0.05) is 6.07 Å². The summed E-state index contributed by atoms with van der Waals surface area (Å²) in [4.78, 5) is 44.3. The molecule has 4 rings (SSSR count). The Hall–Kier alpha value is -3.20. The zero-order chi connectivity index (χ0) is 25.0. The number of aromatic nitrogens is 2. The number of rotatable bonds is 1. The first-order valence-electron chi connectivity index (χ1n) is 10.8. The lowest BCUT2D eigenvalue weighted by Gasteiger charge is -2.23. The van der Waals surface area contributed by atoms with E-state index in [0.717, 1.165) is 15.8 Å². The highest BCUT2D eigenvalue weighted by atomic mass is 79.9. The van der Waals surface area contributed by atoms with Gasteiger partial charge in [-0.05, 0) is 86.8 Å². The molecule has 0 bridgehead atoms. The van der Waals surface area contributed by atoms with Gasteiger partial charge in [-0.15, -0.1) is 0 Å². The van der Waals surface area contributed by atoms with Crippen LogP contribution in [0.5, 0.6) is 0 Å². The second-order valence-corrected chi connectivity index (χ2v) is 10.9. The van der Waals surface area contributed by atoms with Gasteiger partial charge in [0.05, 0.1) is 12.1 Å². The number of hydrogen-bond donors (Lipinski definition) is 0. The van der Waals surface area contributed by atoms with E-state index in [-0.39, 0.29) is 6.54 Å². The summed E-state index contributed by atoms with van der Waals surface area (Å²) in [7, 11) is 0. The first-order chi connectivity index (χ1) is 15.8. The van der Waals surface area contributed by atoms with Gasteiger partial charge in [0.2, 0.25) is 0 Å². The van der Waals surface area contributed by atoms with Crippen LogP contribution in [0.2, 0.25) is 0 Å². The van der Waals surface area contributed by atoms with Gasteiger partial charge >= 0.3 is 12.2 Å². The Morgan fingerprint density at radius 2 is 1.62 bits per heavy atom. The molecule has 2 amide bonds. The molecule has 178 valence electrons. The molecular weight excluding hydrogens is 502 g/mol. The molecule has 0 saturated heterocycles. The molecule has 2 aromatic heterocycles. The quantitative estimate of drug-likeness (QED) is 0.377. The van der Waals surface area contributed by atoms with E-state index >= 15 is 0 Å². The number of imide groups is 1. The van der Waals surface area contributed by atoms with Gasteiger partial charge in [-0.25, -0.2) is 24.0 Å². The van der Waals surface area contributed by atoms with Crippen molar-refractivity contribution >= 4 is 45.1 Å². The molecule has 3 heterocycles. The molecule has 8 nitrogen and oxygen atoms in total. The van der Waals surface area contributed by atoms with Crippen LogP contribution < -0.4 is 0 Å². The van der Waals surface area contributed by atoms with Gasteiger partial charge in [0, 0.05) is 27.8 Å². The monoisotopic (exact) mass is 527 g/mol. The Balaban J connectivity index is 1.83. The van der Waals surface area contributed by atoms with Crippen molar-refractivity contribution in [3.05, 3.63) is 52.3 Å². The van der Waals surface area contributed by atoms with Crippen LogP contribution in [0.1, 0.15) is 57.5 Å². The molecule has 0 unspecified atom stereocenters. The summed E-state index contributed by atoms with van der Waals surface area (Å²) in [5.41, 5.74) is 1.51. The standard InChI is InChI=1S/C25H26BrN3O5/c1-24(2,3)33-22(31)28-12-16(15-8-7-11-27-20(15)28)14-9-10-18(26)19-17(14)13-29(21(19)30)23(32)34-25(4,5)6/h7-12H,13H2,1-6H3. The number of halogens is 1. The normalized spacial score (nSPS) is 13.9. The lowest BCUT2D eigenvalue weighted by Crippen LogP contribution is -2.36. The zero-order valence-electron chi connectivity index (χ0n) is 19.9. The molecule has 0 fully saturated rings. The third-order valence-electron chi connectivity index (χ3n) is 5.09. The molecule has 0 atom stereocenters. The highest BCUT2D eigenvalue weighted by Gasteiger charge is 2.38. The summed E-state index contributed by atoms with van der Waals surface area (Å²) >= 11 is 3.45. The summed E-state index contributed by atoms with van der Waals surface area (Å²) in [6.45, 7) is 10.7. The van der Waals surface area contributed by atoms with E-state index in [1.165, 1.54) is 4.57 Å². The lowest BCUT2D eigenvalue weighted by atomic mass is 9.97. The van der Waals surface area contributed by atoms with Crippen LogP contribution in [0.3, 0.4) is 0 Å². The SMILES string of the molecule is CC(C)(C)OC(=O)N1Cc2c(-c3cn(C(=O)OC(C)(C)C)c4ncccc34)ccc(Br)c2C1=O. The minimum atomic E-state index is -0.737. The van der Waals surface area contributed by atoms with E-state index in [4.69, 9.17) is 9.47 Å². The van der Waals surface area contributed by atoms with E-state index < -0.39 is 29.3 Å². The van der Waals surface area contributed by atoms with Gasteiger partial charge in [0.15, 0.2) is 0 Å². The maximum Gasteiger partial charge on any atom is 0.420 e. The lowest BCUT2D eigenvalue weighted by molar-refractivity contribution is 0.0247. The van der Waals surface area contributed by atoms with Crippen LogP contribution in [0.4, 0.5) is 9.59 Å². The third kappa shape index (κ3) is 4.44. The van der Waals surface area contributed by atoms with Crippen molar-refractivity contribution in [1.29, 1.82) is 0 Å². The minimum absolute atomic E-state index is 0.0528. The maximum absolute atomic E-state index is 13.2. The fraction of sp³-hybridized carbons (Fsp3) is 0.360. The van der Waals surface area contributed by atoms with Crippen LogP contribution in [0.15, 0.2) is 41.1 Å². The third-order valence-corrected chi connectivity index (χ3v) is 5.76. The molecule has 0 N–H and O–H groups in total. The molecule has 3 aromatic rings. The molecule has 1 aliphatic rings.